The fourth-order valence-corrected chi connectivity index (χ4v) is 3.98. The van der Waals surface area contributed by atoms with E-state index in [4.69, 9.17) is 9.84 Å². The first-order chi connectivity index (χ1) is 13.1. The fourth-order valence-electron chi connectivity index (χ4n) is 3.98. The molecule has 0 radical (unpaired) electrons. The van der Waals surface area contributed by atoms with Crippen molar-refractivity contribution in [2.24, 2.45) is 0 Å². The first-order valence-electron chi connectivity index (χ1n) is 9.72. The summed E-state index contributed by atoms with van der Waals surface area (Å²) in [5.74, 6) is 0.636. The Morgan fingerprint density at radius 2 is 1.89 bits per heavy atom. The van der Waals surface area contributed by atoms with E-state index in [-0.39, 0.29) is 5.54 Å². The molecule has 0 bridgehead atoms. The normalized spacial score (nSPS) is 19.0. The van der Waals surface area contributed by atoms with Crippen LogP contribution >= 0.6 is 0 Å². The van der Waals surface area contributed by atoms with E-state index in [1.165, 1.54) is 5.69 Å². The Morgan fingerprint density at radius 3 is 2.67 bits per heavy atom. The smallest absolute Gasteiger partial charge is 0.222 e. The second kappa shape index (κ2) is 7.92. The van der Waals surface area contributed by atoms with Gasteiger partial charge in [-0.05, 0) is 26.0 Å². The molecule has 2 aromatic heterocycles. The number of hydrogen-bond acceptors (Lipinski definition) is 7. The summed E-state index contributed by atoms with van der Waals surface area (Å²) < 4.78 is 7.65. The molecule has 4 rings (SSSR count). The van der Waals surface area contributed by atoms with E-state index in [1.54, 1.807) is 12.4 Å². The van der Waals surface area contributed by atoms with E-state index < -0.39 is 0 Å². The van der Waals surface area contributed by atoms with Crippen molar-refractivity contribution in [2.45, 2.75) is 39.0 Å². The van der Waals surface area contributed by atoms with Crippen LogP contribution < -0.4 is 5.32 Å². The zero-order chi connectivity index (χ0) is 18.7. The van der Waals surface area contributed by atoms with Gasteiger partial charge >= 0.3 is 0 Å². The monoisotopic (exact) mass is 371 g/mol. The minimum Gasteiger partial charge on any atom is -0.379 e. The molecule has 4 heterocycles. The number of rotatable bonds is 6. The number of fused-ring (bicyclic) bond motifs is 1. The lowest BCUT2D eigenvalue weighted by atomic mass is 10.0. The minimum atomic E-state index is 0.154. The number of hydrogen-bond donors (Lipinski definition) is 1. The molecule has 2 aliphatic rings. The highest BCUT2D eigenvalue weighted by Crippen LogP contribution is 2.21. The average molecular weight is 371 g/mol. The maximum Gasteiger partial charge on any atom is 0.222 e. The number of nitrogens with one attached hydrogen (secondary N) is 1. The van der Waals surface area contributed by atoms with Crippen molar-refractivity contribution < 1.29 is 4.74 Å². The number of nitrogens with zero attached hydrogens (tertiary/aromatic N) is 6. The highest BCUT2D eigenvalue weighted by Gasteiger charge is 2.31. The summed E-state index contributed by atoms with van der Waals surface area (Å²) in [5.41, 5.74) is 2.47. The van der Waals surface area contributed by atoms with E-state index in [1.807, 2.05) is 6.07 Å². The molecule has 2 aliphatic heterocycles. The van der Waals surface area contributed by atoms with Gasteiger partial charge in [0.2, 0.25) is 5.95 Å². The molecule has 0 spiro atoms. The number of morpholine rings is 1. The SMILES string of the molecule is CC(C)(CN1CCn2nc(CNc3ncccn3)cc2C1)N1CCOCC1. The molecule has 8 heteroatoms. The highest BCUT2D eigenvalue weighted by atomic mass is 16.5. The Labute approximate surface area is 160 Å². The molecule has 0 aromatic carbocycles. The van der Waals surface area contributed by atoms with Gasteiger partial charge in [0.05, 0.1) is 37.7 Å². The maximum absolute atomic E-state index is 5.51. The third-order valence-electron chi connectivity index (χ3n) is 5.40. The van der Waals surface area contributed by atoms with Crippen LogP contribution in [0.2, 0.25) is 0 Å². The van der Waals surface area contributed by atoms with E-state index in [9.17, 15) is 0 Å². The molecule has 1 fully saturated rings. The minimum absolute atomic E-state index is 0.154. The van der Waals surface area contributed by atoms with Crippen LogP contribution in [-0.4, -0.2) is 74.5 Å². The third kappa shape index (κ3) is 4.45. The Bertz CT molecular complexity index is 740. The molecule has 2 aromatic rings. The third-order valence-corrected chi connectivity index (χ3v) is 5.40. The van der Waals surface area contributed by atoms with E-state index >= 15 is 0 Å². The quantitative estimate of drug-likeness (QED) is 0.818. The predicted molar refractivity (Wildman–Crippen MR) is 103 cm³/mol. The predicted octanol–water partition coefficient (Wildman–Crippen LogP) is 1.21. The molecular weight excluding hydrogens is 342 g/mol. The molecule has 0 saturated carbocycles. The molecule has 1 N–H and O–H groups in total. The number of anilines is 1. The largest absolute Gasteiger partial charge is 0.379 e. The van der Waals surface area contributed by atoms with Crippen molar-refractivity contribution in [3.8, 4) is 0 Å². The lowest BCUT2D eigenvalue weighted by Gasteiger charge is -2.44. The lowest BCUT2D eigenvalue weighted by Crippen LogP contribution is -2.56. The molecule has 0 amide bonds. The van der Waals surface area contributed by atoms with Crippen molar-refractivity contribution in [2.75, 3.05) is 44.7 Å². The van der Waals surface area contributed by atoms with Crippen LogP contribution in [0, 0.1) is 0 Å². The zero-order valence-corrected chi connectivity index (χ0v) is 16.3. The molecule has 0 aliphatic carbocycles. The standard InChI is InChI=1S/C19H29N7O/c1-19(2,25-8-10-27-11-9-25)15-24-6-7-26-17(14-24)12-16(23-26)13-22-18-20-4-3-5-21-18/h3-5,12H,6-11,13-15H2,1-2H3,(H,20,21,22). The summed E-state index contributed by atoms with van der Waals surface area (Å²) in [6.07, 6.45) is 3.48. The van der Waals surface area contributed by atoms with E-state index in [0.717, 1.165) is 58.2 Å². The molecular formula is C19H29N7O. The summed E-state index contributed by atoms with van der Waals surface area (Å²) in [4.78, 5) is 13.5. The van der Waals surface area contributed by atoms with Gasteiger partial charge in [0.25, 0.3) is 0 Å². The first kappa shape index (κ1) is 18.3. The molecule has 1 saturated heterocycles. The van der Waals surface area contributed by atoms with Crippen LogP contribution in [0.4, 0.5) is 5.95 Å². The van der Waals surface area contributed by atoms with Crippen LogP contribution in [0.3, 0.4) is 0 Å². The van der Waals surface area contributed by atoms with Gasteiger partial charge in [0.1, 0.15) is 0 Å². The van der Waals surface area contributed by atoms with Gasteiger partial charge in [0, 0.05) is 50.7 Å². The molecule has 0 atom stereocenters. The highest BCUT2D eigenvalue weighted by molar-refractivity contribution is 5.24. The second-order valence-electron chi connectivity index (χ2n) is 7.90. The van der Waals surface area contributed by atoms with E-state index in [2.05, 4.69) is 49.7 Å². The Morgan fingerprint density at radius 1 is 1.11 bits per heavy atom. The van der Waals surface area contributed by atoms with Crippen LogP contribution in [0.5, 0.6) is 0 Å². The second-order valence-corrected chi connectivity index (χ2v) is 7.90. The van der Waals surface area contributed by atoms with Gasteiger partial charge in [-0.25, -0.2) is 9.97 Å². The van der Waals surface area contributed by atoms with E-state index in [0.29, 0.717) is 12.5 Å². The molecule has 0 unspecified atom stereocenters. The topological polar surface area (TPSA) is 71.3 Å². The summed E-state index contributed by atoms with van der Waals surface area (Å²) in [5, 5.41) is 7.96. The Balaban J connectivity index is 1.34. The van der Waals surface area contributed by atoms with Crippen molar-refractivity contribution in [3.63, 3.8) is 0 Å². The van der Waals surface area contributed by atoms with Gasteiger partial charge in [-0.15, -0.1) is 0 Å². The van der Waals surface area contributed by atoms with Gasteiger partial charge < -0.3 is 10.1 Å². The zero-order valence-electron chi connectivity index (χ0n) is 16.3. The van der Waals surface area contributed by atoms with Crippen LogP contribution in [0.1, 0.15) is 25.2 Å². The van der Waals surface area contributed by atoms with Crippen molar-refractivity contribution in [1.82, 2.24) is 29.5 Å². The number of ether oxygens (including phenoxy) is 1. The summed E-state index contributed by atoms with van der Waals surface area (Å²) in [6, 6.07) is 4.01. The number of aromatic nitrogens is 4. The van der Waals surface area contributed by atoms with Gasteiger partial charge in [-0.1, -0.05) is 0 Å². The van der Waals surface area contributed by atoms with Crippen molar-refractivity contribution in [1.29, 1.82) is 0 Å². The maximum atomic E-state index is 5.51. The summed E-state index contributed by atoms with van der Waals surface area (Å²) in [7, 11) is 0. The molecule has 8 nitrogen and oxygen atoms in total. The van der Waals surface area contributed by atoms with Crippen LogP contribution in [0.15, 0.2) is 24.5 Å². The lowest BCUT2D eigenvalue weighted by molar-refractivity contribution is -0.0244. The molecule has 27 heavy (non-hydrogen) atoms. The van der Waals surface area contributed by atoms with Crippen molar-refractivity contribution >= 4 is 5.95 Å². The van der Waals surface area contributed by atoms with Gasteiger partial charge in [0.15, 0.2) is 0 Å². The summed E-state index contributed by atoms with van der Waals surface area (Å²) in [6.45, 7) is 13.1. The van der Waals surface area contributed by atoms with Crippen LogP contribution in [0.25, 0.3) is 0 Å². The molecule has 146 valence electrons. The Kier molecular flexibility index (Phi) is 5.38. The average Bonchev–Trinajstić information content (AvgIpc) is 3.10. The van der Waals surface area contributed by atoms with Crippen LogP contribution in [-0.2, 0) is 24.4 Å². The Hall–Kier alpha value is -2.03. The summed E-state index contributed by atoms with van der Waals surface area (Å²) >= 11 is 0. The van der Waals surface area contributed by atoms with Crippen molar-refractivity contribution in [3.05, 3.63) is 35.9 Å². The van der Waals surface area contributed by atoms with Gasteiger partial charge in [-0.2, -0.15) is 5.10 Å². The van der Waals surface area contributed by atoms with Gasteiger partial charge in [-0.3, -0.25) is 14.5 Å². The fraction of sp³-hybridized carbons (Fsp3) is 0.632. The first-order valence-corrected chi connectivity index (χ1v) is 9.72.